The number of carbonyl (C=O) groups excluding carboxylic acids is 2. The first-order valence-corrected chi connectivity index (χ1v) is 9.40. The smallest absolute Gasteiger partial charge is 0.251 e. The number of hydrogen-bond donors (Lipinski definition) is 1. The Bertz CT molecular complexity index is 981. The van der Waals surface area contributed by atoms with E-state index in [1.165, 1.54) is 0 Å². The monoisotopic (exact) mass is 375 g/mol. The molecule has 6 nitrogen and oxygen atoms in total. The highest BCUT2D eigenvalue weighted by molar-refractivity contribution is 5.99. The van der Waals surface area contributed by atoms with Gasteiger partial charge in [-0.15, -0.1) is 0 Å². The molecule has 2 heterocycles. The third-order valence-corrected chi connectivity index (χ3v) is 4.78. The highest BCUT2D eigenvalue weighted by Gasteiger charge is 2.22. The van der Waals surface area contributed by atoms with Crippen LogP contribution in [0, 0.1) is 0 Å². The van der Waals surface area contributed by atoms with Gasteiger partial charge in [0.2, 0.25) is 5.91 Å². The van der Waals surface area contributed by atoms with E-state index in [-0.39, 0.29) is 11.8 Å². The summed E-state index contributed by atoms with van der Waals surface area (Å²) in [6, 6.07) is 18.8. The van der Waals surface area contributed by atoms with Gasteiger partial charge in [-0.2, -0.15) is 0 Å². The first kappa shape index (κ1) is 18.0. The lowest BCUT2D eigenvalue weighted by Crippen LogP contribution is -2.27. The molecule has 28 heavy (non-hydrogen) atoms. The van der Waals surface area contributed by atoms with Crippen LogP contribution >= 0.6 is 0 Å². The van der Waals surface area contributed by atoms with Gasteiger partial charge in [-0.05, 0) is 24.6 Å². The molecule has 2 aromatic carbocycles. The van der Waals surface area contributed by atoms with Crippen LogP contribution in [0.25, 0.3) is 11.3 Å². The number of benzene rings is 2. The van der Waals surface area contributed by atoms with Crippen LogP contribution < -0.4 is 10.2 Å². The van der Waals surface area contributed by atoms with Crippen molar-refractivity contribution < 1.29 is 14.1 Å². The fraction of sp³-hybridized carbons (Fsp3) is 0.227. The summed E-state index contributed by atoms with van der Waals surface area (Å²) in [5.74, 6) is 0.656. The third-order valence-electron chi connectivity index (χ3n) is 4.78. The standard InChI is InChI=1S/C22H21N3O3/c26-21-10-5-13-25(21)19-9-4-8-17(14-19)22(27)23-12-11-18-15-20(28-24-18)16-6-2-1-3-7-16/h1-4,6-9,14-15H,5,10-13H2,(H,23,27). The van der Waals surface area contributed by atoms with Crippen LogP contribution in [0.5, 0.6) is 0 Å². The van der Waals surface area contributed by atoms with E-state index in [4.69, 9.17) is 4.52 Å². The molecule has 1 N–H and O–H groups in total. The Morgan fingerprint density at radius 1 is 1.11 bits per heavy atom. The topological polar surface area (TPSA) is 75.4 Å². The van der Waals surface area contributed by atoms with Crippen LogP contribution in [-0.2, 0) is 11.2 Å². The van der Waals surface area contributed by atoms with Crippen molar-refractivity contribution in [1.29, 1.82) is 0 Å². The van der Waals surface area contributed by atoms with Crippen LogP contribution in [0.1, 0.15) is 28.9 Å². The van der Waals surface area contributed by atoms with Gasteiger partial charge in [-0.25, -0.2) is 0 Å². The molecule has 0 atom stereocenters. The second-order valence-electron chi connectivity index (χ2n) is 6.75. The summed E-state index contributed by atoms with van der Waals surface area (Å²) in [7, 11) is 0. The summed E-state index contributed by atoms with van der Waals surface area (Å²) in [4.78, 5) is 26.1. The largest absolute Gasteiger partial charge is 0.356 e. The molecule has 2 amide bonds. The molecule has 1 aromatic heterocycles. The van der Waals surface area contributed by atoms with Crippen LogP contribution in [0.2, 0.25) is 0 Å². The molecule has 4 rings (SSSR count). The van der Waals surface area contributed by atoms with Crippen molar-refractivity contribution in [2.24, 2.45) is 0 Å². The molecule has 0 bridgehead atoms. The van der Waals surface area contributed by atoms with E-state index in [9.17, 15) is 9.59 Å². The highest BCUT2D eigenvalue weighted by Crippen LogP contribution is 2.22. The number of rotatable bonds is 6. The van der Waals surface area contributed by atoms with Crippen molar-refractivity contribution >= 4 is 17.5 Å². The molecule has 1 aliphatic rings. The number of amides is 2. The summed E-state index contributed by atoms with van der Waals surface area (Å²) in [5, 5.41) is 6.97. The van der Waals surface area contributed by atoms with Gasteiger partial charge >= 0.3 is 0 Å². The van der Waals surface area contributed by atoms with Crippen molar-refractivity contribution in [3.8, 4) is 11.3 Å². The van der Waals surface area contributed by atoms with Gasteiger partial charge in [0.15, 0.2) is 5.76 Å². The third kappa shape index (κ3) is 3.96. The molecular weight excluding hydrogens is 354 g/mol. The Morgan fingerprint density at radius 2 is 1.96 bits per heavy atom. The fourth-order valence-electron chi connectivity index (χ4n) is 3.31. The van der Waals surface area contributed by atoms with E-state index >= 15 is 0 Å². The Hall–Kier alpha value is -3.41. The van der Waals surface area contributed by atoms with Gasteiger partial charge in [0.05, 0.1) is 5.69 Å². The summed E-state index contributed by atoms with van der Waals surface area (Å²) < 4.78 is 5.38. The summed E-state index contributed by atoms with van der Waals surface area (Å²) in [5.41, 5.74) is 3.08. The number of hydrogen-bond acceptors (Lipinski definition) is 4. The molecule has 0 radical (unpaired) electrons. The molecule has 0 unspecified atom stereocenters. The molecule has 0 aliphatic carbocycles. The zero-order valence-electron chi connectivity index (χ0n) is 15.4. The zero-order valence-corrected chi connectivity index (χ0v) is 15.4. The maximum absolute atomic E-state index is 12.5. The average molecular weight is 375 g/mol. The number of carbonyl (C=O) groups is 2. The second-order valence-corrected chi connectivity index (χ2v) is 6.75. The van der Waals surface area contributed by atoms with E-state index in [1.807, 2.05) is 42.5 Å². The zero-order chi connectivity index (χ0) is 19.3. The molecule has 142 valence electrons. The lowest BCUT2D eigenvalue weighted by atomic mass is 10.1. The first-order valence-electron chi connectivity index (χ1n) is 9.40. The van der Waals surface area contributed by atoms with Crippen molar-refractivity contribution in [1.82, 2.24) is 10.5 Å². The lowest BCUT2D eigenvalue weighted by molar-refractivity contribution is -0.117. The Kier molecular flexibility index (Phi) is 5.19. The number of aromatic nitrogens is 1. The Morgan fingerprint density at radius 3 is 2.75 bits per heavy atom. The predicted molar refractivity (Wildman–Crippen MR) is 106 cm³/mol. The van der Waals surface area contributed by atoms with Crippen molar-refractivity contribution in [2.45, 2.75) is 19.3 Å². The fourth-order valence-corrected chi connectivity index (χ4v) is 3.31. The van der Waals surface area contributed by atoms with E-state index in [0.29, 0.717) is 37.3 Å². The molecule has 0 saturated carbocycles. The number of nitrogens with zero attached hydrogens (tertiary/aromatic N) is 2. The van der Waals surface area contributed by atoms with Gasteiger partial charge in [0, 0.05) is 48.8 Å². The first-order chi connectivity index (χ1) is 13.7. The summed E-state index contributed by atoms with van der Waals surface area (Å²) in [6.45, 7) is 1.16. The summed E-state index contributed by atoms with van der Waals surface area (Å²) >= 11 is 0. The predicted octanol–water partition coefficient (Wildman–Crippen LogP) is 3.44. The van der Waals surface area contributed by atoms with Crippen molar-refractivity contribution in [3.05, 3.63) is 71.9 Å². The van der Waals surface area contributed by atoms with Gasteiger partial charge < -0.3 is 14.7 Å². The molecular formula is C22H21N3O3. The quantitative estimate of drug-likeness (QED) is 0.716. The second kappa shape index (κ2) is 8.08. The minimum Gasteiger partial charge on any atom is -0.356 e. The van der Waals surface area contributed by atoms with Gasteiger partial charge in [0.25, 0.3) is 5.91 Å². The molecule has 1 aliphatic heterocycles. The summed E-state index contributed by atoms with van der Waals surface area (Å²) in [6.07, 6.45) is 2.00. The lowest BCUT2D eigenvalue weighted by Gasteiger charge is -2.16. The van der Waals surface area contributed by atoms with Gasteiger partial charge in [-0.3, -0.25) is 9.59 Å². The van der Waals surface area contributed by atoms with Crippen molar-refractivity contribution in [3.63, 3.8) is 0 Å². The molecule has 0 spiro atoms. The SMILES string of the molecule is O=C(NCCc1cc(-c2ccccc2)on1)c1cccc(N2CCCC2=O)c1. The molecule has 6 heteroatoms. The van der Waals surface area contributed by atoms with E-state index in [0.717, 1.165) is 23.4 Å². The van der Waals surface area contributed by atoms with Crippen LogP contribution in [0.3, 0.4) is 0 Å². The van der Waals surface area contributed by atoms with Crippen LogP contribution in [0.15, 0.2) is 65.2 Å². The molecule has 3 aromatic rings. The Labute approximate surface area is 163 Å². The number of nitrogens with one attached hydrogen (secondary N) is 1. The maximum Gasteiger partial charge on any atom is 0.251 e. The maximum atomic E-state index is 12.5. The van der Waals surface area contributed by atoms with E-state index in [1.54, 1.807) is 23.1 Å². The van der Waals surface area contributed by atoms with Crippen LogP contribution in [-0.4, -0.2) is 30.1 Å². The Balaban J connectivity index is 1.34. The van der Waals surface area contributed by atoms with Crippen molar-refractivity contribution in [2.75, 3.05) is 18.0 Å². The molecule has 1 saturated heterocycles. The van der Waals surface area contributed by atoms with E-state index < -0.39 is 0 Å². The van der Waals surface area contributed by atoms with Crippen LogP contribution in [0.4, 0.5) is 5.69 Å². The number of anilines is 1. The van der Waals surface area contributed by atoms with Gasteiger partial charge in [-0.1, -0.05) is 41.6 Å². The minimum absolute atomic E-state index is 0.109. The van der Waals surface area contributed by atoms with Gasteiger partial charge in [0.1, 0.15) is 0 Å². The molecule has 1 fully saturated rings. The highest BCUT2D eigenvalue weighted by atomic mass is 16.5. The average Bonchev–Trinajstić information content (AvgIpc) is 3.38. The minimum atomic E-state index is -0.166. The normalized spacial score (nSPS) is 13.7. The van der Waals surface area contributed by atoms with E-state index in [2.05, 4.69) is 10.5 Å².